The Morgan fingerprint density at radius 1 is 1.03 bits per heavy atom. The smallest absolute Gasteiger partial charge is 0.183 e. The molecule has 3 heterocycles. The van der Waals surface area contributed by atoms with E-state index in [0.717, 1.165) is 38.7 Å². The fraction of sp³-hybridized carbons (Fsp3) is 0.150. The molecule has 9 heteroatoms. The highest BCUT2D eigenvalue weighted by atomic mass is 79.9. The third kappa shape index (κ3) is 4.41. The lowest BCUT2D eigenvalue weighted by molar-refractivity contribution is 0.475. The Kier molecular flexibility index (Phi) is 5.77. The lowest BCUT2D eigenvalue weighted by Crippen LogP contribution is -1.98. The van der Waals surface area contributed by atoms with E-state index in [1.807, 2.05) is 6.07 Å². The quantitative estimate of drug-likeness (QED) is 0.410. The first-order chi connectivity index (χ1) is 14.1. The van der Waals surface area contributed by atoms with Gasteiger partial charge in [-0.3, -0.25) is 4.98 Å². The molecule has 0 aliphatic heterocycles. The molecule has 0 saturated heterocycles. The Bertz CT molecular complexity index is 1140. The maximum absolute atomic E-state index is 9.95. The summed E-state index contributed by atoms with van der Waals surface area (Å²) < 4.78 is 0.819. The summed E-state index contributed by atoms with van der Waals surface area (Å²) in [7, 11) is 0. The van der Waals surface area contributed by atoms with Crippen molar-refractivity contribution in [2.45, 2.75) is 13.3 Å². The Hall–Kier alpha value is -2.91. The van der Waals surface area contributed by atoms with Gasteiger partial charge in [0.05, 0.1) is 22.5 Å². The highest BCUT2D eigenvalue weighted by Gasteiger charge is 2.15. The van der Waals surface area contributed by atoms with Crippen molar-refractivity contribution < 1.29 is 5.11 Å². The van der Waals surface area contributed by atoms with E-state index >= 15 is 0 Å². The molecule has 0 amide bonds. The van der Waals surface area contributed by atoms with Crippen LogP contribution in [0.4, 0.5) is 5.13 Å². The number of hydrogen-bond donors (Lipinski definition) is 2. The summed E-state index contributed by atoms with van der Waals surface area (Å²) in [6, 6.07) is 6.95. The molecule has 29 heavy (non-hydrogen) atoms. The van der Waals surface area contributed by atoms with Gasteiger partial charge in [-0.25, -0.2) is 19.9 Å². The molecule has 0 bridgehead atoms. The van der Waals surface area contributed by atoms with Crippen LogP contribution in [-0.4, -0.2) is 36.6 Å². The molecule has 4 rings (SSSR count). The van der Waals surface area contributed by atoms with Gasteiger partial charge in [-0.1, -0.05) is 34.2 Å². The monoisotopic (exact) mass is 468 g/mol. The number of halogens is 1. The lowest BCUT2D eigenvalue weighted by Gasteiger charge is -2.09. The van der Waals surface area contributed by atoms with Crippen LogP contribution in [0, 0.1) is 0 Å². The van der Waals surface area contributed by atoms with Crippen LogP contribution in [-0.2, 0) is 0 Å². The van der Waals surface area contributed by atoms with E-state index in [4.69, 9.17) is 4.98 Å². The van der Waals surface area contributed by atoms with Gasteiger partial charge in [0.1, 0.15) is 11.4 Å². The van der Waals surface area contributed by atoms with Crippen molar-refractivity contribution in [3.8, 4) is 39.1 Å². The maximum Gasteiger partial charge on any atom is 0.183 e. The second kappa shape index (κ2) is 8.62. The van der Waals surface area contributed by atoms with Crippen molar-refractivity contribution in [3.63, 3.8) is 0 Å². The van der Waals surface area contributed by atoms with Crippen LogP contribution in [0.5, 0.6) is 5.75 Å². The predicted molar refractivity (Wildman–Crippen MR) is 118 cm³/mol. The van der Waals surface area contributed by atoms with Gasteiger partial charge in [0, 0.05) is 35.2 Å². The van der Waals surface area contributed by atoms with E-state index in [2.05, 4.69) is 48.1 Å². The van der Waals surface area contributed by atoms with Crippen LogP contribution < -0.4 is 5.32 Å². The minimum Gasteiger partial charge on any atom is -0.508 e. The molecule has 0 spiro atoms. The normalized spacial score (nSPS) is 10.8. The van der Waals surface area contributed by atoms with Crippen LogP contribution in [0.2, 0.25) is 0 Å². The fourth-order valence-corrected chi connectivity index (χ4v) is 3.91. The number of nitrogens with one attached hydrogen (secondary N) is 1. The van der Waals surface area contributed by atoms with Gasteiger partial charge in [0.2, 0.25) is 0 Å². The van der Waals surface area contributed by atoms with Crippen LogP contribution in [0.25, 0.3) is 33.3 Å². The Labute approximate surface area is 180 Å². The Morgan fingerprint density at radius 2 is 1.90 bits per heavy atom. The first kappa shape index (κ1) is 19.4. The van der Waals surface area contributed by atoms with Gasteiger partial charge in [-0.15, -0.1) is 0 Å². The summed E-state index contributed by atoms with van der Waals surface area (Å²) in [5, 5.41) is 14.1. The van der Waals surface area contributed by atoms with E-state index < -0.39 is 0 Å². The van der Waals surface area contributed by atoms with Gasteiger partial charge in [0.15, 0.2) is 11.0 Å². The summed E-state index contributed by atoms with van der Waals surface area (Å²) in [5.74, 6) is 0.616. The maximum atomic E-state index is 9.95. The van der Waals surface area contributed by atoms with E-state index in [9.17, 15) is 5.11 Å². The molecule has 0 aliphatic carbocycles. The molecule has 0 fully saturated rings. The van der Waals surface area contributed by atoms with E-state index in [0.29, 0.717) is 17.2 Å². The molecule has 0 unspecified atom stereocenters. The molecule has 0 atom stereocenters. The number of anilines is 1. The number of rotatable bonds is 6. The number of aromatic nitrogens is 5. The van der Waals surface area contributed by atoms with Crippen LogP contribution >= 0.6 is 27.3 Å². The van der Waals surface area contributed by atoms with E-state index in [-0.39, 0.29) is 5.75 Å². The zero-order valence-electron chi connectivity index (χ0n) is 15.5. The predicted octanol–water partition coefficient (Wildman–Crippen LogP) is 5.01. The Balaban J connectivity index is 1.84. The topological polar surface area (TPSA) is 96.7 Å². The molecule has 0 radical (unpaired) electrons. The van der Waals surface area contributed by atoms with Gasteiger partial charge in [-0.05, 0) is 30.7 Å². The van der Waals surface area contributed by atoms with Crippen molar-refractivity contribution >= 4 is 32.4 Å². The summed E-state index contributed by atoms with van der Waals surface area (Å²) >= 11 is 5.07. The highest BCUT2D eigenvalue weighted by Crippen LogP contribution is 2.35. The van der Waals surface area contributed by atoms with Crippen molar-refractivity contribution in [2.24, 2.45) is 0 Å². The van der Waals surface area contributed by atoms with Crippen molar-refractivity contribution in [2.75, 3.05) is 11.9 Å². The second-order valence-corrected chi connectivity index (χ2v) is 8.06. The average molecular weight is 469 g/mol. The summed E-state index contributed by atoms with van der Waals surface area (Å²) in [6.07, 6.45) is 7.66. The largest absolute Gasteiger partial charge is 0.508 e. The summed E-state index contributed by atoms with van der Waals surface area (Å²) in [5.41, 5.74) is 2.72. The fourth-order valence-electron chi connectivity index (χ4n) is 2.66. The molecule has 7 nitrogen and oxygen atoms in total. The minimum atomic E-state index is 0.160. The van der Waals surface area contributed by atoms with Gasteiger partial charge in [-0.2, -0.15) is 0 Å². The number of thiazole rings is 1. The number of aromatic hydroxyl groups is 1. The third-order valence-electron chi connectivity index (χ3n) is 4.03. The van der Waals surface area contributed by atoms with Gasteiger partial charge in [0.25, 0.3) is 0 Å². The number of nitrogens with zero attached hydrogens (tertiary/aromatic N) is 5. The van der Waals surface area contributed by atoms with Gasteiger partial charge < -0.3 is 10.4 Å². The first-order valence-corrected chi connectivity index (χ1v) is 10.6. The van der Waals surface area contributed by atoms with Crippen molar-refractivity contribution in [3.05, 3.63) is 53.5 Å². The standard InChI is InChI=1S/C20H17BrN6OS/c1-2-5-24-20-25-11-18(29-20)16-9-15(13-8-12(28)3-4-14(13)21)26-19(27-16)17-10-22-6-7-23-17/h3-4,6-11,28H,2,5H2,1H3,(H,24,25). The molecule has 1 aromatic carbocycles. The molecular formula is C20H17BrN6OS. The molecule has 4 aromatic rings. The second-order valence-electron chi connectivity index (χ2n) is 6.17. The highest BCUT2D eigenvalue weighted by molar-refractivity contribution is 9.10. The van der Waals surface area contributed by atoms with E-state index in [1.54, 1.807) is 43.0 Å². The molecule has 3 aromatic heterocycles. The summed E-state index contributed by atoms with van der Waals surface area (Å²) in [4.78, 5) is 23.2. The molecule has 146 valence electrons. The van der Waals surface area contributed by atoms with Crippen molar-refractivity contribution in [1.29, 1.82) is 0 Å². The molecular weight excluding hydrogens is 452 g/mol. The third-order valence-corrected chi connectivity index (χ3v) is 5.70. The number of benzene rings is 1. The van der Waals surface area contributed by atoms with Crippen LogP contribution in [0.15, 0.2) is 53.5 Å². The molecule has 2 N–H and O–H groups in total. The first-order valence-electron chi connectivity index (χ1n) is 8.98. The Morgan fingerprint density at radius 3 is 2.69 bits per heavy atom. The summed E-state index contributed by atoms with van der Waals surface area (Å²) in [6.45, 7) is 2.97. The zero-order chi connectivity index (χ0) is 20.2. The molecule has 0 aliphatic rings. The number of phenols is 1. The number of hydrogen-bond acceptors (Lipinski definition) is 8. The average Bonchev–Trinajstić information content (AvgIpc) is 3.23. The van der Waals surface area contributed by atoms with Crippen LogP contribution in [0.1, 0.15) is 13.3 Å². The SMILES string of the molecule is CCCNc1ncc(-c2cc(-c3cc(O)ccc3Br)nc(-c3cnccn3)n2)s1. The zero-order valence-corrected chi connectivity index (χ0v) is 17.9. The van der Waals surface area contributed by atoms with E-state index in [1.165, 1.54) is 11.3 Å². The van der Waals surface area contributed by atoms with Crippen LogP contribution in [0.3, 0.4) is 0 Å². The van der Waals surface area contributed by atoms with Crippen molar-refractivity contribution in [1.82, 2.24) is 24.9 Å². The van der Waals surface area contributed by atoms with Gasteiger partial charge >= 0.3 is 0 Å². The lowest BCUT2D eigenvalue weighted by atomic mass is 10.1. The minimum absolute atomic E-state index is 0.160. The molecule has 0 saturated carbocycles. The number of phenolic OH excluding ortho intramolecular Hbond substituents is 1.